The highest BCUT2D eigenvalue weighted by molar-refractivity contribution is 7.89. The molecule has 0 saturated carbocycles. The summed E-state index contributed by atoms with van der Waals surface area (Å²) in [6.07, 6.45) is 1.35. The van der Waals surface area contributed by atoms with Gasteiger partial charge < -0.3 is 4.98 Å². The van der Waals surface area contributed by atoms with E-state index in [1.165, 1.54) is 16.1 Å². The lowest BCUT2D eigenvalue weighted by molar-refractivity contribution is 0.463. The van der Waals surface area contributed by atoms with Gasteiger partial charge in [0.1, 0.15) is 5.82 Å². The van der Waals surface area contributed by atoms with Crippen LogP contribution < -0.4 is 0 Å². The summed E-state index contributed by atoms with van der Waals surface area (Å²) in [6, 6.07) is 6.01. The quantitative estimate of drug-likeness (QED) is 0.939. The number of aryl methyl sites for hydroxylation is 3. The van der Waals surface area contributed by atoms with Crippen molar-refractivity contribution in [2.45, 2.75) is 32.3 Å². The number of hydrogen-bond acceptors (Lipinski definition) is 3. The summed E-state index contributed by atoms with van der Waals surface area (Å²) < 4.78 is 26.1. The molecule has 0 unspecified atom stereocenters. The first kappa shape index (κ1) is 14.7. The van der Waals surface area contributed by atoms with E-state index in [4.69, 9.17) is 0 Å². The Morgan fingerprint density at radius 2 is 1.95 bits per heavy atom. The molecule has 0 radical (unpaired) electrons. The third-order valence-corrected chi connectivity index (χ3v) is 4.97. The maximum absolute atomic E-state index is 12.4. The molecule has 1 N–H and O–H groups in total. The summed E-state index contributed by atoms with van der Waals surface area (Å²) in [4.78, 5) is 6.71. The van der Waals surface area contributed by atoms with Gasteiger partial charge in [0.05, 0.1) is 6.20 Å². The first-order valence-corrected chi connectivity index (χ1v) is 7.79. The lowest BCUT2D eigenvalue weighted by Crippen LogP contribution is -2.27. The molecule has 20 heavy (non-hydrogen) atoms. The van der Waals surface area contributed by atoms with Crippen LogP contribution in [0, 0.1) is 20.8 Å². The summed E-state index contributed by atoms with van der Waals surface area (Å²) in [5, 5.41) is 0.127. The fourth-order valence-corrected chi connectivity index (χ4v) is 3.15. The second-order valence-electron chi connectivity index (χ2n) is 5.02. The van der Waals surface area contributed by atoms with E-state index in [1.54, 1.807) is 14.0 Å². The third kappa shape index (κ3) is 2.91. The Kier molecular flexibility index (Phi) is 3.96. The average molecular weight is 293 g/mol. The van der Waals surface area contributed by atoms with E-state index in [0.717, 1.165) is 11.1 Å². The number of hydrogen-bond donors (Lipinski definition) is 1. The maximum atomic E-state index is 12.4. The molecule has 0 aliphatic carbocycles. The minimum atomic E-state index is -3.53. The van der Waals surface area contributed by atoms with E-state index < -0.39 is 10.0 Å². The zero-order chi connectivity index (χ0) is 14.9. The van der Waals surface area contributed by atoms with E-state index in [1.807, 2.05) is 26.0 Å². The van der Waals surface area contributed by atoms with Gasteiger partial charge in [-0.05, 0) is 31.9 Å². The van der Waals surface area contributed by atoms with E-state index in [0.29, 0.717) is 12.4 Å². The van der Waals surface area contributed by atoms with Crippen LogP contribution in [0.3, 0.4) is 0 Å². The minimum absolute atomic E-state index is 0.127. The van der Waals surface area contributed by atoms with Gasteiger partial charge in [-0.1, -0.05) is 23.8 Å². The smallest absolute Gasteiger partial charge is 0.260 e. The molecular formula is C14H19N3O2S. The van der Waals surface area contributed by atoms with Crippen LogP contribution >= 0.6 is 0 Å². The molecular weight excluding hydrogens is 274 g/mol. The molecule has 0 bridgehead atoms. The Bertz CT molecular complexity index is 720. The van der Waals surface area contributed by atoms with Gasteiger partial charge in [0.2, 0.25) is 0 Å². The molecule has 6 heteroatoms. The lowest BCUT2D eigenvalue weighted by atomic mass is 10.1. The van der Waals surface area contributed by atoms with Gasteiger partial charge in [-0.3, -0.25) is 0 Å². The van der Waals surface area contributed by atoms with E-state index in [9.17, 15) is 8.42 Å². The van der Waals surface area contributed by atoms with Gasteiger partial charge in [-0.15, -0.1) is 0 Å². The number of H-pyrrole nitrogens is 1. The number of aromatic amines is 1. The van der Waals surface area contributed by atoms with Crippen molar-refractivity contribution in [1.29, 1.82) is 0 Å². The van der Waals surface area contributed by atoms with Gasteiger partial charge in [-0.25, -0.2) is 13.4 Å². The summed E-state index contributed by atoms with van der Waals surface area (Å²) in [5.41, 5.74) is 3.26. The average Bonchev–Trinajstić information content (AvgIpc) is 2.80. The zero-order valence-electron chi connectivity index (χ0n) is 12.1. The first-order chi connectivity index (χ1) is 9.30. The van der Waals surface area contributed by atoms with Crippen LogP contribution in [0.15, 0.2) is 29.4 Å². The number of nitrogens with zero attached hydrogens (tertiary/aromatic N) is 2. The predicted molar refractivity (Wildman–Crippen MR) is 77.9 cm³/mol. The number of imidazole rings is 1. The van der Waals surface area contributed by atoms with Gasteiger partial charge in [0.15, 0.2) is 5.03 Å². The highest BCUT2D eigenvalue weighted by Crippen LogP contribution is 2.17. The largest absolute Gasteiger partial charge is 0.332 e. The molecule has 0 aliphatic heterocycles. The Labute approximate surface area is 119 Å². The Hall–Kier alpha value is -1.66. The topological polar surface area (TPSA) is 66.1 Å². The lowest BCUT2D eigenvalue weighted by Gasteiger charge is -2.17. The molecule has 0 saturated heterocycles. The molecule has 1 aromatic heterocycles. The standard InChI is InChI=1S/C14H19N3O2S/c1-10-5-6-13(11(2)7-10)9-17(4)20(18,19)14-8-15-12(3)16-14/h5-8H,9H2,1-4H3,(H,15,16). The molecule has 0 fully saturated rings. The van der Waals surface area contributed by atoms with Crippen molar-refractivity contribution >= 4 is 10.0 Å². The van der Waals surface area contributed by atoms with Crippen molar-refractivity contribution < 1.29 is 8.42 Å². The molecule has 5 nitrogen and oxygen atoms in total. The Morgan fingerprint density at radius 1 is 1.25 bits per heavy atom. The normalized spacial score (nSPS) is 12.1. The summed E-state index contributed by atoms with van der Waals surface area (Å²) in [6.45, 7) is 6.07. The Morgan fingerprint density at radius 3 is 2.50 bits per heavy atom. The van der Waals surface area contributed by atoms with Crippen LogP contribution in [0.5, 0.6) is 0 Å². The fourth-order valence-electron chi connectivity index (χ4n) is 2.05. The minimum Gasteiger partial charge on any atom is -0.332 e. The molecule has 0 amide bonds. The van der Waals surface area contributed by atoms with E-state index in [2.05, 4.69) is 16.0 Å². The van der Waals surface area contributed by atoms with Crippen LogP contribution in [0.4, 0.5) is 0 Å². The van der Waals surface area contributed by atoms with Crippen LogP contribution in [-0.4, -0.2) is 29.7 Å². The third-order valence-electron chi connectivity index (χ3n) is 3.26. The summed E-state index contributed by atoms with van der Waals surface area (Å²) in [7, 11) is -1.95. The molecule has 0 atom stereocenters. The predicted octanol–water partition coefficient (Wildman–Crippen LogP) is 2.16. The summed E-state index contributed by atoms with van der Waals surface area (Å²) in [5.74, 6) is 0.587. The maximum Gasteiger partial charge on any atom is 0.260 e. The molecule has 2 aromatic rings. The van der Waals surface area contributed by atoms with Crippen molar-refractivity contribution in [2.24, 2.45) is 0 Å². The SMILES string of the molecule is Cc1ccc(CN(C)S(=O)(=O)c2cnc(C)[nH]2)c(C)c1. The van der Waals surface area contributed by atoms with E-state index >= 15 is 0 Å². The highest BCUT2D eigenvalue weighted by atomic mass is 32.2. The number of rotatable bonds is 4. The highest BCUT2D eigenvalue weighted by Gasteiger charge is 2.23. The number of sulfonamides is 1. The van der Waals surface area contributed by atoms with Crippen LogP contribution in [0.25, 0.3) is 0 Å². The van der Waals surface area contributed by atoms with Gasteiger partial charge >= 0.3 is 0 Å². The van der Waals surface area contributed by atoms with Gasteiger partial charge in [-0.2, -0.15) is 4.31 Å². The zero-order valence-corrected chi connectivity index (χ0v) is 13.0. The number of benzene rings is 1. The van der Waals surface area contributed by atoms with Crippen molar-refractivity contribution in [1.82, 2.24) is 14.3 Å². The van der Waals surface area contributed by atoms with Crippen molar-refractivity contribution in [3.8, 4) is 0 Å². The van der Waals surface area contributed by atoms with Crippen LogP contribution in [0.2, 0.25) is 0 Å². The number of aromatic nitrogens is 2. The van der Waals surface area contributed by atoms with Crippen molar-refractivity contribution in [2.75, 3.05) is 7.05 Å². The Balaban J connectivity index is 2.25. The fraction of sp³-hybridized carbons (Fsp3) is 0.357. The summed E-state index contributed by atoms with van der Waals surface area (Å²) >= 11 is 0. The molecule has 0 spiro atoms. The second kappa shape index (κ2) is 5.38. The van der Waals surface area contributed by atoms with Crippen molar-refractivity contribution in [3.05, 3.63) is 46.9 Å². The number of nitrogens with one attached hydrogen (secondary N) is 1. The molecule has 0 aliphatic rings. The molecule has 108 valence electrons. The monoisotopic (exact) mass is 293 g/mol. The van der Waals surface area contributed by atoms with Crippen molar-refractivity contribution in [3.63, 3.8) is 0 Å². The first-order valence-electron chi connectivity index (χ1n) is 6.35. The molecule has 2 rings (SSSR count). The van der Waals surface area contributed by atoms with Gasteiger partial charge in [0, 0.05) is 13.6 Å². The second-order valence-corrected chi connectivity index (χ2v) is 7.04. The van der Waals surface area contributed by atoms with E-state index in [-0.39, 0.29) is 5.03 Å². The molecule has 1 aromatic carbocycles. The molecule has 1 heterocycles. The van der Waals surface area contributed by atoms with Crippen LogP contribution in [-0.2, 0) is 16.6 Å². The van der Waals surface area contributed by atoms with Crippen LogP contribution in [0.1, 0.15) is 22.5 Å². The van der Waals surface area contributed by atoms with Gasteiger partial charge in [0.25, 0.3) is 10.0 Å².